The summed E-state index contributed by atoms with van der Waals surface area (Å²) in [4.78, 5) is 14.0. The highest BCUT2D eigenvalue weighted by molar-refractivity contribution is 7.89. The molecule has 0 saturated heterocycles. The number of amides is 1. The number of rotatable bonds is 7. The van der Waals surface area contributed by atoms with Gasteiger partial charge in [0.2, 0.25) is 10.0 Å². The lowest BCUT2D eigenvalue weighted by atomic mass is 10.1. The number of hydrogen-bond acceptors (Lipinski definition) is 3. The molecular weight excluding hydrogens is 336 g/mol. The molecule has 0 bridgehead atoms. The van der Waals surface area contributed by atoms with E-state index in [-0.39, 0.29) is 15.8 Å². The largest absolute Gasteiger partial charge is 0.341 e. The fourth-order valence-electron chi connectivity index (χ4n) is 2.39. The first-order chi connectivity index (χ1) is 10.6. The molecule has 0 spiro atoms. The summed E-state index contributed by atoms with van der Waals surface area (Å²) in [6.07, 6.45) is 0. The number of hydrogen-bond donors (Lipinski definition) is 0. The quantitative estimate of drug-likeness (QED) is 0.750. The normalized spacial score (nSPS) is 12.0. The molecule has 0 unspecified atom stereocenters. The van der Waals surface area contributed by atoms with Gasteiger partial charge in [-0.1, -0.05) is 39.3 Å². The highest BCUT2D eigenvalue weighted by Gasteiger charge is 2.26. The molecule has 0 atom stereocenters. The third-order valence-corrected chi connectivity index (χ3v) is 6.02. The molecule has 0 N–H and O–H groups in total. The fraction of sp³-hybridized carbons (Fsp3) is 0.562. The van der Waals surface area contributed by atoms with Gasteiger partial charge in [0.05, 0.1) is 5.02 Å². The van der Waals surface area contributed by atoms with Crippen molar-refractivity contribution < 1.29 is 13.2 Å². The van der Waals surface area contributed by atoms with Crippen molar-refractivity contribution in [2.75, 3.05) is 26.7 Å². The Labute approximate surface area is 144 Å². The first-order valence-electron chi connectivity index (χ1n) is 7.70. The smallest absolute Gasteiger partial charge is 0.253 e. The number of carbonyl (C=O) groups is 1. The molecule has 1 aromatic rings. The maximum absolute atomic E-state index is 12.7. The van der Waals surface area contributed by atoms with Crippen molar-refractivity contribution in [1.82, 2.24) is 9.21 Å². The number of benzene rings is 1. The summed E-state index contributed by atoms with van der Waals surface area (Å²) < 4.78 is 26.6. The molecule has 1 amide bonds. The van der Waals surface area contributed by atoms with Gasteiger partial charge in [0.15, 0.2) is 0 Å². The molecule has 0 aliphatic rings. The van der Waals surface area contributed by atoms with Crippen LogP contribution in [0.3, 0.4) is 0 Å². The van der Waals surface area contributed by atoms with Gasteiger partial charge in [0.1, 0.15) is 4.90 Å². The minimum atomic E-state index is -3.71. The average Bonchev–Trinajstić information content (AvgIpc) is 2.47. The number of carbonyl (C=O) groups excluding carboxylic acids is 1. The first kappa shape index (κ1) is 19.9. The molecule has 5 nitrogen and oxygen atoms in total. The Morgan fingerprint density at radius 1 is 1.22 bits per heavy atom. The van der Waals surface area contributed by atoms with E-state index < -0.39 is 10.0 Å². The van der Waals surface area contributed by atoms with Gasteiger partial charge in [-0.05, 0) is 24.1 Å². The summed E-state index contributed by atoms with van der Waals surface area (Å²) in [6, 6.07) is 4.40. The molecule has 0 aliphatic carbocycles. The molecule has 0 aromatic heterocycles. The Morgan fingerprint density at radius 3 is 2.26 bits per heavy atom. The van der Waals surface area contributed by atoms with Crippen LogP contribution in [-0.4, -0.2) is 50.2 Å². The van der Waals surface area contributed by atoms with Crippen LogP contribution >= 0.6 is 11.6 Å². The Balaban J connectivity index is 3.26. The molecule has 0 saturated carbocycles. The first-order valence-corrected chi connectivity index (χ1v) is 9.52. The molecule has 1 aromatic carbocycles. The van der Waals surface area contributed by atoms with E-state index in [1.54, 1.807) is 31.9 Å². The molecule has 7 heteroatoms. The van der Waals surface area contributed by atoms with Crippen molar-refractivity contribution in [1.29, 1.82) is 0 Å². The van der Waals surface area contributed by atoms with Crippen LogP contribution in [0.4, 0.5) is 0 Å². The van der Waals surface area contributed by atoms with Crippen molar-refractivity contribution in [2.24, 2.45) is 5.92 Å². The summed E-state index contributed by atoms with van der Waals surface area (Å²) in [5.74, 6) is 0.112. The minimum Gasteiger partial charge on any atom is -0.341 e. The van der Waals surface area contributed by atoms with Crippen LogP contribution in [0.15, 0.2) is 23.1 Å². The van der Waals surface area contributed by atoms with Crippen molar-refractivity contribution >= 4 is 27.5 Å². The lowest BCUT2D eigenvalue weighted by Gasteiger charge is -2.22. The Bertz CT molecular complexity index is 655. The number of halogens is 1. The van der Waals surface area contributed by atoms with Crippen molar-refractivity contribution in [3.63, 3.8) is 0 Å². The third kappa shape index (κ3) is 4.68. The second kappa shape index (κ2) is 8.13. The van der Waals surface area contributed by atoms with Crippen LogP contribution in [0.1, 0.15) is 38.1 Å². The minimum absolute atomic E-state index is 0.0216. The van der Waals surface area contributed by atoms with E-state index in [1.165, 1.54) is 16.4 Å². The molecule has 130 valence electrons. The summed E-state index contributed by atoms with van der Waals surface area (Å²) in [5.41, 5.74) is 0.322. The van der Waals surface area contributed by atoms with Gasteiger partial charge in [-0.3, -0.25) is 4.79 Å². The predicted molar refractivity (Wildman–Crippen MR) is 93.4 cm³/mol. The van der Waals surface area contributed by atoms with Gasteiger partial charge in [-0.2, -0.15) is 4.31 Å². The maximum atomic E-state index is 12.7. The van der Waals surface area contributed by atoms with Gasteiger partial charge < -0.3 is 4.90 Å². The molecule has 1 rings (SSSR count). The SMILES string of the molecule is CCN(CC)S(=O)(=O)c1cc(C(=O)N(C)CC(C)C)ccc1Cl. The fourth-order valence-corrected chi connectivity index (χ4v) is 4.35. The molecule has 0 fully saturated rings. The van der Waals surface area contributed by atoms with E-state index in [2.05, 4.69) is 0 Å². The number of nitrogens with zero attached hydrogens (tertiary/aromatic N) is 2. The van der Waals surface area contributed by atoms with E-state index in [1.807, 2.05) is 13.8 Å². The van der Waals surface area contributed by atoms with Gasteiger partial charge in [-0.15, -0.1) is 0 Å². The second-order valence-electron chi connectivity index (χ2n) is 5.81. The predicted octanol–water partition coefficient (Wildman–Crippen LogP) is 3.10. The van der Waals surface area contributed by atoms with Gasteiger partial charge in [0, 0.05) is 32.2 Å². The van der Waals surface area contributed by atoms with Gasteiger partial charge >= 0.3 is 0 Å². The van der Waals surface area contributed by atoms with Crippen LogP contribution in [0.2, 0.25) is 5.02 Å². The summed E-state index contributed by atoms with van der Waals surface area (Å²) in [5, 5.41) is 0.125. The highest BCUT2D eigenvalue weighted by atomic mass is 35.5. The summed E-state index contributed by atoms with van der Waals surface area (Å²) >= 11 is 6.08. The Kier molecular flexibility index (Phi) is 7.04. The third-order valence-electron chi connectivity index (χ3n) is 3.49. The van der Waals surface area contributed by atoms with Crippen molar-refractivity contribution in [3.05, 3.63) is 28.8 Å². The van der Waals surface area contributed by atoms with Crippen LogP contribution in [0.5, 0.6) is 0 Å². The van der Waals surface area contributed by atoms with Crippen LogP contribution in [-0.2, 0) is 10.0 Å². The zero-order valence-corrected chi connectivity index (χ0v) is 15.9. The Morgan fingerprint density at radius 2 is 1.78 bits per heavy atom. The molecule has 0 radical (unpaired) electrons. The number of sulfonamides is 1. The van der Waals surface area contributed by atoms with Crippen molar-refractivity contribution in [2.45, 2.75) is 32.6 Å². The zero-order chi connectivity index (χ0) is 17.8. The zero-order valence-electron chi connectivity index (χ0n) is 14.3. The topological polar surface area (TPSA) is 57.7 Å². The van der Waals surface area contributed by atoms with Gasteiger partial charge in [0.25, 0.3) is 5.91 Å². The lowest BCUT2D eigenvalue weighted by molar-refractivity contribution is 0.0779. The van der Waals surface area contributed by atoms with Crippen molar-refractivity contribution in [3.8, 4) is 0 Å². The van der Waals surface area contributed by atoms with Crippen LogP contribution in [0.25, 0.3) is 0 Å². The second-order valence-corrected chi connectivity index (χ2v) is 8.13. The monoisotopic (exact) mass is 360 g/mol. The standard InChI is InChI=1S/C16H25ClN2O3S/c1-6-19(7-2)23(21,22)15-10-13(8-9-14(15)17)16(20)18(5)11-12(3)4/h8-10,12H,6-7,11H2,1-5H3. The summed E-state index contributed by atoms with van der Waals surface area (Å²) in [6.45, 7) is 8.85. The van der Waals surface area contributed by atoms with Crippen LogP contribution < -0.4 is 0 Å². The highest BCUT2D eigenvalue weighted by Crippen LogP contribution is 2.26. The van der Waals surface area contributed by atoms with Crippen LogP contribution in [0, 0.1) is 5.92 Å². The van der Waals surface area contributed by atoms with Gasteiger partial charge in [-0.25, -0.2) is 8.42 Å². The Hall–Kier alpha value is -1.11. The van der Waals surface area contributed by atoms with E-state index in [0.29, 0.717) is 31.1 Å². The summed E-state index contributed by atoms with van der Waals surface area (Å²) in [7, 11) is -2.00. The lowest BCUT2D eigenvalue weighted by Crippen LogP contribution is -2.32. The average molecular weight is 361 g/mol. The molecule has 0 aliphatic heterocycles. The van der Waals surface area contributed by atoms with E-state index in [9.17, 15) is 13.2 Å². The molecule has 23 heavy (non-hydrogen) atoms. The molecular formula is C16H25ClN2O3S. The molecule has 0 heterocycles. The van der Waals surface area contributed by atoms with E-state index in [0.717, 1.165) is 0 Å². The maximum Gasteiger partial charge on any atom is 0.253 e. The van der Waals surface area contributed by atoms with E-state index >= 15 is 0 Å². The van der Waals surface area contributed by atoms with E-state index in [4.69, 9.17) is 11.6 Å².